The number of ether oxygens (including phenoxy) is 1. The quantitative estimate of drug-likeness (QED) is 0.0276. The maximum Gasteiger partial charge on any atom is 0.328 e. The first kappa shape index (κ1) is 39.5. The highest BCUT2D eigenvalue weighted by molar-refractivity contribution is 5.96. The molecular weight excluding hydrogens is 584 g/mol. The predicted octanol–water partition coefficient (Wildman–Crippen LogP) is -5.47. The maximum absolute atomic E-state index is 12.8. The lowest BCUT2D eigenvalue weighted by Gasteiger charge is -2.25. The minimum atomic E-state index is -1.55. The molecule has 0 aliphatic carbocycles. The summed E-state index contributed by atoms with van der Waals surface area (Å²) in [4.78, 5) is 90.0. The van der Waals surface area contributed by atoms with Gasteiger partial charge in [0.2, 0.25) is 35.4 Å². The number of amides is 6. The summed E-state index contributed by atoms with van der Waals surface area (Å²) in [5.74, 6) is -6.35. The molecule has 0 rings (SSSR count). The van der Waals surface area contributed by atoms with Crippen LogP contribution in [0, 0.1) is 5.92 Å². The van der Waals surface area contributed by atoms with Crippen LogP contribution in [-0.2, 0) is 38.3 Å². The average molecular weight is 631 g/mol. The highest BCUT2D eigenvalue weighted by atomic mass is 16.5. The summed E-state index contributed by atoms with van der Waals surface area (Å²) in [5, 5.41) is 21.6. The number of nitrogens with two attached hydrogens (primary N) is 4. The minimum Gasteiger partial charge on any atom is -0.467 e. The van der Waals surface area contributed by atoms with Gasteiger partial charge >= 0.3 is 5.97 Å². The number of nitrogens with zero attached hydrogens (tertiary/aromatic N) is 1. The Bertz CT molecular complexity index is 1060. The number of hydrogen-bond donors (Lipinski definition) is 10. The molecular formula is C25H46N10O9. The van der Waals surface area contributed by atoms with Crippen molar-refractivity contribution in [3.05, 3.63) is 0 Å². The van der Waals surface area contributed by atoms with Gasteiger partial charge in [-0.05, 0) is 32.6 Å². The zero-order valence-electron chi connectivity index (χ0n) is 25.5. The van der Waals surface area contributed by atoms with Crippen molar-refractivity contribution in [3.8, 4) is 0 Å². The van der Waals surface area contributed by atoms with Crippen LogP contribution in [0.1, 0.15) is 47.0 Å². The molecule has 19 nitrogen and oxygen atoms in total. The van der Waals surface area contributed by atoms with Gasteiger partial charge in [-0.3, -0.25) is 33.8 Å². The molecule has 0 saturated heterocycles. The fraction of sp³-hybridized carbons (Fsp3) is 0.680. The van der Waals surface area contributed by atoms with Gasteiger partial charge in [-0.15, -0.1) is 0 Å². The Morgan fingerprint density at radius 2 is 1.43 bits per heavy atom. The fourth-order valence-electron chi connectivity index (χ4n) is 3.53. The molecule has 6 amide bonds. The van der Waals surface area contributed by atoms with Gasteiger partial charge in [0.25, 0.3) is 0 Å². The summed E-state index contributed by atoms with van der Waals surface area (Å²) in [7, 11) is 1.16. The molecule has 0 radical (unpaired) electrons. The molecule has 250 valence electrons. The van der Waals surface area contributed by atoms with Gasteiger partial charge in [-0.1, -0.05) is 13.8 Å². The van der Waals surface area contributed by atoms with Gasteiger partial charge in [0.1, 0.15) is 24.2 Å². The summed E-state index contributed by atoms with van der Waals surface area (Å²) >= 11 is 0. The minimum absolute atomic E-state index is 0.125. The molecule has 44 heavy (non-hydrogen) atoms. The lowest BCUT2D eigenvalue weighted by atomic mass is 10.0. The number of carbonyl (C=O) groups excluding carboxylic acids is 7. The van der Waals surface area contributed by atoms with Crippen molar-refractivity contribution in [3.63, 3.8) is 0 Å². The van der Waals surface area contributed by atoms with Crippen LogP contribution in [0.5, 0.6) is 0 Å². The molecule has 0 heterocycles. The first-order chi connectivity index (χ1) is 20.4. The first-order valence-corrected chi connectivity index (χ1v) is 13.7. The monoisotopic (exact) mass is 630 g/mol. The standard InChI is InChI=1S/C25H46N10O9/c1-11(2)18(24(43)44-5)35-20(39)12(3)32-23(42)19(13(4)36)34-17(38)10-31-22(41)15(9-16(27)37)33-21(40)14(26)7-6-8-30-25(28)29/h11-15,18-19,36H,6-10,26H2,1-5H3,(H2,27,37)(H,31,41)(H,32,42)(H,33,40)(H,34,38)(H,35,39)(H4,28,29,30)/t12-,13+,14-,15-,18-,19-/m0/s1. The van der Waals surface area contributed by atoms with E-state index in [-0.39, 0.29) is 24.8 Å². The van der Waals surface area contributed by atoms with E-state index in [4.69, 9.17) is 22.9 Å². The number of hydrogen-bond acceptors (Lipinski definition) is 11. The van der Waals surface area contributed by atoms with Crippen LogP contribution in [0.2, 0.25) is 0 Å². The van der Waals surface area contributed by atoms with E-state index in [2.05, 4.69) is 36.3 Å². The van der Waals surface area contributed by atoms with E-state index >= 15 is 0 Å². The van der Waals surface area contributed by atoms with E-state index < -0.39 is 90.7 Å². The third-order valence-corrected chi connectivity index (χ3v) is 6.02. The number of guanidine groups is 1. The second-order valence-corrected chi connectivity index (χ2v) is 10.3. The third kappa shape index (κ3) is 15.1. The molecule has 0 aromatic carbocycles. The summed E-state index contributed by atoms with van der Waals surface area (Å²) in [6, 6.07) is -6.23. The van der Waals surface area contributed by atoms with Crippen LogP contribution in [0.25, 0.3) is 0 Å². The maximum atomic E-state index is 12.8. The normalized spacial score (nSPS) is 14.8. The van der Waals surface area contributed by atoms with E-state index in [1.54, 1.807) is 13.8 Å². The van der Waals surface area contributed by atoms with Gasteiger partial charge in [-0.25, -0.2) is 4.79 Å². The molecule has 0 bridgehead atoms. The second-order valence-electron chi connectivity index (χ2n) is 10.3. The van der Waals surface area contributed by atoms with Crippen LogP contribution in [0.3, 0.4) is 0 Å². The molecule has 0 saturated carbocycles. The van der Waals surface area contributed by atoms with Crippen LogP contribution in [0.4, 0.5) is 0 Å². The Hall–Kier alpha value is -4.52. The molecule has 0 unspecified atom stereocenters. The predicted molar refractivity (Wildman–Crippen MR) is 157 cm³/mol. The number of aliphatic hydroxyl groups excluding tert-OH is 1. The average Bonchev–Trinajstić information content (AvgIpc) is 2.93. The van der Waals surface area contributed by atoms with Crippen LogP contribution in [-0.4, -0.2) is 109 Å². The number of nitrogens with one attached hydrogen (secondary N) is 5. The van der Waals surface area contributed by atoms with Crippen molar-refractivity contribution in [1.29, 1.82) is 0 Å². The Morgan fingerprint density at radius 3 is 1.93 bits per heavy atom. The van der Waals surface area contributed by atoms with Gasteiger partial charge in [-0.2, -0.15) is 0 Å². The Balaban J connectivity index is 5.18. The van der Waals surface area contributed by atoms with Gasteiger partial charge in [0.15, 0.2) is 5.96 Å². The zero-order chi connectivity index (χ0) is 34.1. The largest absolute Gasteiger partial charge is 0.467 e. The van der Waals surface area contributed by atoms with Crippen molar-refractivity contribution < 1.29 is 43.4 Å². The Labute approximate surface area is 255 Å². The summed E-state index contributed by atoms with van der Waals surface area (Å²) in [6.45, 7) is 5.39. The van der Waals surface area contributed by atoms with Crippen LogP contribution >= 0.6 is 0 Å². The van der Waals surface area contributed by atoms with E-state index in [1.165, 1.54) is 13.8 Å². The van der Waals surface area contributed by atoms with E-state index in [9.17, 15) is 38.7 Å². The first-order valence-electron chi connectivity index (χ1n) is 13.7. The second kappa shape index (κ2) is 19.6. The fourth-order valence-corrected chi connectivity index (χ4v) is 3.53. The van der Waals surface area contributed by atoms with E-state index in [1.807, 2.05) is 0 Å². The number of rotatable bonds is 19. The molecule has 14 N–H and O–H groups in total. The Morgan fingerprint density at radius 1 is 0.818 bits per heavy atom. The SMILES string of the molecule is COC(=O)[C@@H](NC(=O)[C@H](C)NC(=O)[C@@H](NC(=O)CNC(=O)[C@H](CC(N)=O)NC(=O)[C@@H](N)CCCN=C(N)N)[C@@H](C)O)C(C)C. The molecule has 0 fully saturated rings. The number of aliphatic hydroxyl groups is 1. The van der Waals surface area contributed by atoms with Crippen molar-refractivity contribution in [2.75, 3.05) is 20.2 Å². The highest BCUT2D eigenvalue weighted by Gasteiger charge is 2.31. The molecule has 19 heteroatoms. The molecule has 0 aliphatic rings. The highest BCUT2D eigenvalue weighted by Crippen LogP contribution is 2.05. The van der Waals surface area contributed by atoms with Gasteiger partial charge < -0.3 is 59.4 Å². The number of esters is 1. The lowest BCUT2D eigenvalue weighted by molar-refractivity contribution is -0.146. The van der Waals surface area contributed by atoms with Crippen molar-refractivity contribution in [2.45, 2.75) is 83.3 Å². The lowest BCUT2D eigenvalue weighted by Crippen LogP contribution is -2.59. The van der Waals surface area contributed by atoms with Crippen molar-refractivity contribution >= 4 is 47.4 Å². The van der Waals surface area contributed by atoms with Gasteiger partial charge in [0.05, 0.1) is 32.2 Å². The van der Waals surface area contributed by atoms with Crippen LogP contribution in [0.15, 0.2) is 4.99 Å². The molecule has 0 aromatic rings. The van der Waals surface area contributed by atoms with Gasteiger partial charge in [0, 0.05) is 6.54 Å². The molecule has 6 atom stereocenters. The van der Waals surface area contributed by atoms with Crippen LogP contribution < -0.4 is 49.5 Å². The van der Waals surface area contributed by atoms with Crippen molar-refractivity contribution in [1.82, 2.24) is 26.6 Å². The number of aliphatic imine (C=N–C) groups is 1. The molecule has 0 aromatic heterocycles. The van der Waals surface area contributed by atoms with E-state index in [0.717, 1.165) is 7.11 Å². The third-order valence-electron chi connectivity index (χ3n) is 6.02. The zero-order valence-corrected chi connectivity index (χ0v) is 25.5. The van der Waals surface area contributed by atoms with E-state index in [0.29, 0.717) is 6.42 Å². The number of primary amides is 1. The summed E-state index contributed by atoms with van der Waals surface area (Å²) in [6.07, 6.45) is -1.53. The van der Waals surface area contributed by atoms with Crippen molar-refractivity contribution in [2.24, 2.45) is 33.8 Å². The summed E-state index contributed by atoms with van der Waals surface area (Å²) < 4.78 is 4.66. The smallest absolute Gasteiger partial charge is 0.328 e. The summed E-state index contributed by atoms with van der Waals surface area (Å²) in [5.41, 5.74) is 21.4. The Kier molecular flexibility index (Phi) is 17.6. The number of carbonyl (C=O) groups is 7. The topological polar surface area (TPSA) is 326 Å². The number of methoxy groups -OCH3 is 1. The molecule has 0 aliphatic heterocycles. The molecule has 0 spiro atoms.